The quantitative estimate of drug-likeness (QED) is 0.0992. The number of carbonyl (C=O) groups is 2. The first-order valence-electron chi connectivity index (χ1n) is 15.9. The van der Waals surface area contributed by atoms with E-state index >= 15 is 0 Å². The molecular weight excluding hydrogens is 689 g/mol. The number of nitrogens with zero attached hydrogens (tertiary/aromatic N) is 3. The Balaban J connectivity index is 1.23. The average molecular weight is 723 g/mol. The lowest BCUT2D eigenvalue weighted by Crippen LogP contribution is -2.25. The molecule has 254 valence electrons. The summed E-state index contributed by atoms with van der Waals surface area (Å²) < 4.78 is 13.9. The minimum atomic E-state index is -0.924. The third kappa shape index (κ3) is 7.94. The molecule has 0 unspecified atom stereocenters. The number of benzene rings is 3. The van der Waals surface area contributed by atoms with Crippen LogP contribution in [0, 0.1) is 0 Å². The molecule has 0 spiro atoms. The van der Waals surface area contributed by atoms with Gasteiger partial charge in [-0.15, -0.1) is 0 Å². The predicted octanol–water partition coefficient (Wildman–Crippen LogP) is 7.80. The Morgan fingerprint density at radius 1 is 1.04 bits per heavy atom. The van der Waals surface area contributed by atoms with Gasteiger partial charge in [0.05, 0.1) is 41.2 Å². The highest BCUT2D eigenvalue weighted by Gasteiger charge is 2.21. The molecule has 10 nitrogen and oxygen atoms in total. The molecule has 0 bridgehead atoms. The van der Waals surface area contributed by atoms with Gasteiger partial charge in [-0.3, -0.25) is 9.59 Å². The smallest absolute Gasteiger partial charge is 0.317 e. The Kier molecular flexibility index (Phi) is 10.9. The van der Waals surface area contributed by atoms with Crippen molar-refractivity contribution in [3.63, 3.8) is 0 Å². The van der Waals surface area contributed by atoms with E-state index in [1.165, 1.54) is 0 Å². The summed E-state index contributed by atoms with van der Waals surface area (Å²) in [4.78, 5) is 31.7. The van der Waals surface area contributed by atoms with Crippen molar-refractivity contribution < 1.29 is 24.2 Å². The van der Waals surface area contributed by atoms with E-state index in [1.54, 1.807) is 31.6 Å². The van der Waals surface area contributed by atoms with Crippen LogP contribution in [0.5, 0.6) is 17.4 Å². The van der Waals surface area contributed by atoms with Gasteiger partial charge in [0, 0.05) is 58.9 Å². The van der Waals surface area contributed by atoms with Gasteiger partial charge in [0.25, 0.3) is 0 Å². The maximum Gasteiger partial charge on any atom is 0.317 e. The third-order valence-corrected chi connectivity index (χ3v) is 9.44. The Bertz CT molecular complexity index is 2020. The number of imidazole rings is 1. The van der Waals surface area contributed by atoms with E-state index in [2.05, 4.69) is 15.6 Å². The zero-order valence-electron chi connectivity index (χ0n) is 26.6. The Hall–Kier alpha value is -4.35. The van der Waals surface area contributed by atoms with Crippen LogP contribution < -0.4 is 20.1 Å². The van der Waals surface area contributed by atoms with Crippen LogP contribution in [-0.4, -0.2) is 57.8 Å². The first-order valence-corrected chi connectivity index (χ1v) is 17.0. The Labute approximate surface area is 298 Å². The summed E-state index contributed by atoms with van der Waals surface area (Å²) in [6, 6.07) is 18.8. The van der Waals surface area contributed by atoms with E-state index in [1.807, 2.05) is 47.0 Å². The number of ether oxygens (including phenoxy) is 2. The SMILES string of the molecule is COc1nc(-c2cccc(-c3cccc(Oc4cc(Cl)cc5c4ncn5CCNCC(=O)O)c3Cl)c2Cl)ccc1CCC[C@@H]1CCC(=O)N1. The summed E-state index contributed by atoms with van der Waals surface area (Å²) in [5.74, 6) is 0.550. The molecule has 3 aromatic carbocycles. The van der Waals surface area contributed by atoms with Crippen LogP contribution in [0.4, 0.5) is 0 Å². The number of fused-ring (bicyclic) bond motifs is 1. The highest BCUT2D eigenvalue weighted by molar-refractivity contribution is 6.38. The fourth-order valence-electron chi connectivity index (χ4n) is 6.02. The number of nitrogens with one attached hydrogen (secondary N) is 2. The highest BCUT2D eigenvalue weighted by atomic mass is 35.5. The molecule has 1 aliphatic rings. The second-order valence-corrected chi connectivity index (χ2v) is 12.9. The molecule has 13 heteroatoms. The van der Waals surface area contributed by atoms with Crippen molar-refractivity contribution in [3.05, 3.63) is 87.6 Å². The van der Waals surface area contributed by atoms with Crippen LogP contribution in [0.1, 0.15) is 31.2 Å². The van der Waals surface area contributed by atoms with Crippen LogP contribution in [0.3, 0.4) is 0 Å². The van der Waals surface area contributed by atoms with Gasteiger partial charge in [-0.2, -0.15) is 0 Å². The molecule has 1 amide bonds. The number of halogens is 3. The van der Waals surface area contributed by atoms with E-state index in [4.69, 9.17) is 54.4 Å². The van der Waals surface area contributed by atoms with Crippen LogP contribution in [0.15, 0.2) is 67.0 Å². The summed E-state index contributed by atoms with van der Waals surface area (Å²) >= 11 is 20.5. The van der Waals surface area contributed by atoms with Crippen molar-refractivity contribution in [2.45, 2.75) is 44.7 Å². The predicted molar refractivity (Wildman–Crippen MR) is 191 cm³/mol. The molecule has 5 aromatic rings. The molecule has 1 aliphatic heterocycles. The van der Waals surface area contributed by atoms with Crippen molar-refractivity contribution in [2.75, 3.05) is 20.2 Å². The number of pyridine rings is 1. The topological polar surface area (TPSA) is 128 Å². The molecule has 6 rings (SSSR count). The number of aryl methyl sites for hydroxylation is 1. The summed E-state index contributed by atoms with van der Waals surface area (Å²) in [5.41, 5.74) is 5.06. The van der Waals surface area contributed by atoms with Crippen molar-refractivity contribution in [1.29, 1.82) is 0 Å². The molecule has 1 atom stereocenters. The van der Waals surface area contributed by atoms with Crippen molar-refractivity contribution in [1.82, 2.24) is 25.2 Å². The van der Waals surface area contributed by atoms with E-state index in [0.717, 1.165) is 42.3 Å². The number of carboxylic acids is 1. The van der Waals surface area contributed by atoms with Crippen LogP contribution >= 0.6 is 34.8 Å². The average Bonchev–Trinajstić information content (AvgIpc) is 3.69. The zero-order valence-corrected chi connectivity index (χ0v) is 28.9. The second kappa shape index (κ2) is 15.5. The summed E-state index contributed by atoms with van der Waals surface area (Å²) in [5, 5.41) is 16.0. The summed E-state index contributed by atoms with van der Waals surface area (Å²) in [6.45, 7) is 0.785. The van der Waals surface area contributed by atoms with Gasteiger partial charge >= 0.3 is 5.97 Å². The van der Waals surface area contributed by atoms with Crippen molar-refractivity contribution in [2.24, 2.45) is 0 Å². The van der Waals surface area contributed by atoms with Gasteiger partial charge in [0.15, 0.2) is 5.75 Å². The first kappa shape index (κ1) is 34.5. The van der Waals surface area contributed by atoms with Gasteiger partial charge in [-0.25, -0.2) is 9.97 Å². The molecule has 0 aliphatic carbocycles. The van der Waals surface area contributed by atoms with Gasteiger partial charge in [-0.1, -0.05) is 71.2 Å². The van der Waals surface area contributed by atoms with E-state index in [9.17, 15) is 9.59 Å². The second-order valence-electron chi connectivity index (χ2n) is 11.7. The lowest BCUT2D eigenvalue weighted by molar-refractivity contribution is -0.136. The van der Waals surface area contributed by atoms with E-state index < -0.39 is 5.97 Å². The minimum absolute atomic E-state index is 0.126. The molecule has 0 radical (unpaired) electrons. The van der Waals surface area contributed by atoms with Crippen LogP contribution in [0.25, 0.3) is 33.4 Å². The number of carbonyl (C=O) groups excluding carboxylic acids is 1. The normalized spacial score (nSPS) is 14.3. The maximum atomic E-state index is 11.5. The van der Waals surface area contributed by atoms with Crippen molar-refractivity contribution in [3.8, 4) is 39.8 Å². The molecule has 2 aromatic heterocycles. The Morgan fingerprint density at radius 3 is 2.57 bits per heavy atom. The fraction of sp³-hybridized carbons (Fsp3) is 0.278. The third-order valence-electron chi connectivity index (χ3n) is 8.43. The number of aliphatic carboxylic acids is 1. The highest BCUT2D eigenvalue weighted by Crippen LogP contribution is 2.44. The molecule has 3 N–H and O–H groups in total. The largest absolute Gasteiger partial charge is 0.481 e. The number of hydrogen-bond donors (Lipinski definition) is 3. The van der Waals surface area contributed by atoms with Gasteiger partial charge in [0.2, 0.25) is 11.8 Å². The molecule has 1 fully saturated rings. The minimum Gasteiger partial charge on any atom is -0.481 e. The first-order chi connectivity index (χ1) is 23.7. The van der Waals surface area contributed by atoms with Gasteiger partial charge < -0.3 is 29.8 Å². The Morgan fingerprint density at radius 2 is 1.82 bits per heavy atom. The van der Waals surface area contributed by atoms with Gasteiger partial charge in [0.1, 0.15) is 11.3 Å². The zero-order chi connectivity index (χ0) is 34.5. The van der Waals surface area contributed by atoms with Gasteiger partial charge in [-0.05, 0) is 43.9 Å². The molecule has 1 saturated heterocycles. The summed E-state index contributed by atoms with van der Waals surface area (Å²) in [6.07, 6.45) is 5.74. The van der Waals surface area contributed by atoms with E-state index in [0.29, 0.717) is 74.3 Å². The number of methoxy groups -OCH3 is 1. The molecule has 49 heavy (non-hydrogen) atoms. The van der Waals surface area contributed by atoms with Crippen LogP contribution in [0.2, 0.25) is 15.1 Å². The molecule has 3 heterocycles. The number of aromatic nitrogens is 3. The monoisotopic (exact) mass is 721 g/mol. The molecular formula is C36H34Cl3N5O5. The molecule has 0 saturated carbocycles. The fourth-order valence-corrected chi connectivity index (χ4v) is 6.82. The standard InChI is InChI=1S/C36H34Cl3N5O5/c1-48-36-21(5-2-6-23-12-14-31(45)42-23)11-13-27(43-36)26-9-3-7-24(33(26)38)25-8-4-10-29(34(25)39)49-30-18-22(37)17-28-35(30)41-20-44(28)16-15-40-19-32(46)47/h3-4,7-11,13,17-18,20,23,40H,2,5-6,12,14-16,19H2,1H3,(H,42,45)(H,46,47)/t23-/m1/s1. The maximum absolute atomic E-state index is 11.5. The number of amides is 1. The number of rotatable bonds is 14. The number of hydrogen-bond acceptors (Lipinski definition) is 7. The van der Waals surface area contributed by atoms with E-state index in [-0.39, 0.29) is 18.5 Å². The van der Waals surface area contributed by atoms with Crippen molar-refractivity contribution >= 4 is 57.7 Å². The lowest BCUT2D eigenvalue weighted by atomic mass is 10.00. The number of carboxylic acid groups (broad SMARTS) is 1. The lowest BCUT2D eigenvalue weighted by Gasteiger charge is -2.15. The van der Waals surface area contributed by atoms with Crippen LogP contribution in [-0.2, 0) is 22.6 Å². The summed E-state index contributed by atoms with van der Waals surface area (Å²) in [7, 11) is 1.61.